The van der Waals surface area contributed by atoms with Crippen LogP contribution >= 0.6 is 0 Å². The average Bonchev–Trinajstić information content (AvgIpc) is 2.31. The molecule has 0 radical (unpaired) electrons. The maximum absolute atomic E-state index is 10.4. The van der Waals surface area contributed by atoms with E-state index >= 15 is 0 Å². The second kappa shape index (κ2) is 11.1. The van der Waals surface area contributed by atoms with Gasteiger partial charge in [0, 0.05) is 26.8 Å². The van der Waals surface area contributed by atoms with Crippen molar-refractivity contribution in [1.29, 1.82) is 0 Å². The summed E-state index contributed by atoms with van der Waals surface area (Å²) in [6, 6.07) is 0. The summed E-state index contributed by atoms with van der Waals surface area (Å²) in [7, 11) is 1.64. The molecule has 17 heavy (non-hydrogen) atoms. The lowest BCUT2D eigenvalue weighted by Crippen LogP contribution is -2.43. The normalized spacial score (nSPS) is 11.3. The Morgan fingerprint density at radius 1 is 1.41 bits per heavy atom. The first-order valence-electron chi connectivity index (χ1n) is 5.30. The Bertz CT molecular complexity index is 235. The molecule has 6 N–H and O–H groups in total. The highest BCUT2D eigenvalue weighted by atomic mass is 16.5. The van der Waals surface area contributed by atoms with Gasteiger partial charge in [-0.2, -0.15) is 0 Å². The zero-order valence-electron chi connectivity index (χ0n) is 10.1. The molecule has 0 saturated carbocycles. The van der Waals surface area contributed by atoms with Crippen LogP contribution in [0.1, 0.15) is 6.42 Å². The Kier molecular flexibility index (Phi) is 10.2. The largest absolute Gasteiger partial charge is 0.385 e. The van der Waals surface area contributed by atoms with Crippen LogP contribution < -0.4 is 22.3 Å². The van der Waals surface area contributed by atoms with E-state index in [0.29, 0.717) is 32.3 Å². The molecule has 0 unspecified atom stereocenters. The van der Waals surface area contributed by atoms with Crippen molar-refractivity contribution in [3.05, 3.63) is 0 Å². The fourth-order valence-electron chi connectivity index (χ4n) is 0.967. The SMILES string of the molecule is COCCCN=C(NN)NCCOCC(N)=O. The topological polar surface area (TPSA) is 124 Å². The fraction of sp³-hybridized carbons (Fsp3) is 0.778. The maximum atomic E-state index is 10.4. The lowest BCUT2D eigenvalue weighted by Gasteiger charge is -2.08. The number of aliphatic imine (C=N–C) groups is 1. The standard InChI is InChI=1S/C9H21N5O3/c1-16-5-2-3-12-9(14-11)13-4-6-17-7-8(10)15/h2-7,11H2,1H3,(H2,10,15)(H2,12,13,14). The molecule has 0 atom stereocenters. The molecule has 0 bridgehead atoms. The molecule has 0 aliphatic heterocycles. The van der Waals surface area contributed by atoms with Gasteiger partial charge in [-0.1, -0.05) is 0 Å². The van der Waals surface area contributed by atoms with E-state index in [1.165, 1.54) is 0 Å². The molecule has 0 spiro atoms. The smallest absolute Gasteiger partial charge is 0.243 e. The molecule has 0 rings (SSSR count). The fourth-order valence-corrected chi connectivity index (χ4v) is 0.967. The molecule has 0 aromatic rings. The number of ether oxygens (including phenoxy) is 2. The molecule has 8 heteroatoms. The van der Waals surface area contributed by atoms with Gasteiger partial charge in [0.1, 0.15) is 6.61 Å². The van der Waals surface area contributed by atoms with Crippen molar-refractivity contribution in [1.82, 2.24) is 10.7 Å². The minimum Gasteiger partial charge on any atom is -0.385 e. The minimum absolute atomic E-state index is 0.0853. The Hall–Kier alpha value is -1.38. The van der Waals surface area contributed by atoms with E-state index in [2.05, 4.69) is 15.7 Å². The highest BCUT2D eigenvalue weighted by Crippen LogP contribution is 1.82. The summed E-state index contributed by atoms with van der Waals surface area (Å²) in [4.78, 5) is 14.5. The summed E-state index contributed by atoms with van der Waals surface area (Å²) < 4.78 is 9.84. The first-order chi connectivity index (χ1) is 8.20. The summed E-state index contributed by atoms with van der Waals surface area (Å²) in [6.07, 6.45) is 0.821. The van der Waals surface area contributed by atoms with E-state index in [4.69, 9.17) is 21.1 Å². The van der Waals surface area contributed by atoms with E-state index in [9.17, 15) is 4.79 Å². The van der Waals surface area contributed by atoms with Gasteiger partial charge < -0.3 is 20.5 Å². The number of nitrogens with zero attached hydrogens (tertiary/aromatic N) is 1. The number of hydrogen-bond donors (Lipinski definition) is 4. The Labute approximate surface area is 101 Å². The molecule has 0 aliphatic rings. The van der Waals surface area contributed by atoms with Crippen LogP contribution in [0, 0.1) is 0 Å². The van der Waals surface area contributed by atoms with Crippen molar-refractivity contribution in [2.75, 3.05) is 40.0 Å². The lowest BCUT2D eigenvalue weighted by atomic mass is 10.5. The van der Waals surface area contributed by atoms with Crippen LogP contribution in [0.3, 0.4) is 0 Å². The van der Waals surface area contributed by atoms with Crippen molar-refractivity contribution >= 4 is 11.9 Å². The van der Waals surface area contributed by atoms with Crippen LogP contribution in [0.15, 0.2) is 4.99 Å². The van der Waals surface area contributed by atoms with Gasteiger partial charge in [0.2, 0.25) is 11.9 Å². The van der Waals surface area contributed by atoms with Crippen LogP contribution in [0.2, 0.25) is 0 Å². The van der Waals surface area contributed by atoms with Gasteiger partial charge in [-0.3, -0.25) is 15.2 Å². The monoisotopic (exact) mass is 247 g/mol. The van der Waals surface area contributed by atoms with E-state index in [1.807, 2.05) is 0 Å². The van der Waals surface area contributed by atoms with E-state index in [-0.39, 0.29) is 6.61 Å². The molecule has 0 fully saturated rings. The van der Waals surface area contributed by atoms with Crippen molar-refractivity contribution in [2.24, 2.45) is 16.6 Å². The summed E-state index contributed by atoms with van der Waals surface area (Å²) in [5.41, 5.74) is 7.33. The Morgan fingerprint density at radius 2 is 2.18 bits per heavy atom. The number of nitrogens with one attached hydrogen (secondary N) is 2. The number of hydrogen-bond acceptors (Lipinski definition) is 5. The third-order valence-corrected chi connectivity index (χ3v) is 1.70. The Balaban J connectivity index is 3.56. The van der Waals surface area contributed by atoms with Crippen LogP contribution in [0.5, 0.6) is 0 Å². The third-order valence-electron chi connectivity index (χ3n) is 1.70. The molecule has 0 aromatic carbocycles. The van der Waals surface area contributed by atoms with Gasteiger partial charge in [-0.05, 0) is 6.42 Å². The van der Waals surface area contributed by atoms with E-state index < -0.39 is 5.91 Å². The highest BCUT2D eigenvalue weighted by Gasteiger charge is 1.96. The molecule has 0 saturated heterocycles. The van der Waals surface area contributed by atoms with Gasteiger partial charge in [0.25, 0.3) is 0 Å². The number of methoxy groups -OCH3 is 1. The number of hydrazine groups is 1. The van der Waals surface area contributed by atoms with Crippen LogP contribution in [0.25, 0.3) is 0 Å². The van der Waals surface area contributed by atoms with Crippen molar-refractivity contribution < 1.29 is 14.3 Å². The third kappa shape index (κ3) is 10.9. The summed E-state index contributed by atoms with van der Waals surface area (Å²) in [5.74, 6) is 5.25. The molecular formula is C9H21N5O3. The maximum Gasteiger partial charge on any atom is 0.243 e. The summed E-state index contributed by atoms with van der Waals surface area (Å²) in [5, 5.41) is 2.92. The van der Waals surface area contributed by atoms with Crippen molar-refractivity contribution in [2.45, 2.75) is 6.42 Å². The van der Waals surface area contributed by atoms with Gasteiger partial charge in [0.05, 0.1) is 6.61 Å². The van der Waals surface area contributed by atoms with Crippen LogP contribution in [-0.2, 0) is 14.3 Å². The molecule has 1 amide bonds. The molecule has 8 nitrogen and oxygen atoms in total. The summed E-state index contributed by atoms with van der Waals surface area (Å²) in [6.45, 7) is 2.02. The minimum atomic E-state index is -0.490. The predicted octanol–water partition coefficient (Wildman–Crippen LogP) is -2.07. The summed E-state index contributed by atoms with van der Waals surface area (Å²) >= 11 is 0. The second-order valence-corrected chi connectivity index (χ2v) is 3.17. The highest BCUT2D eigenvalue weighted by molar-refractivity contribution is 5.79. The van der Waals surface area contributed by atoms with Gasteiger partial charge in [0.15, 0.2) is 0 Å². The quantitative estimate of drug-likeness (QED) is 0.122. The molecule has 0 aromatic heterocycles. The van der Waals surface area contributed by atoms with Gasteiger partial charge in [-0.25, -0.2) is 5.84 Å². The predicted molar refractivity (Wildman–Crippen MR) is 64.1 cm³/mol. The zero-order chi connectivity index (χ0) is 12.9. The van der Waals surface area contributed by atoms with E-state index in [0.717, 1.165) is 6.42 Å². The van der Waals surface area contributed by atoms with Gasteiger partial charge in [-0.15, -0.1) is 0 Å². The van der Waals surface area contributed by atoms with Crippen molar-refractivity contribution in [3.8, 4) is 0 Å². The number of amides is 1. The number of guanidine groups is 1. The zero-order valence-corrected chi connectivity index (χ0v) is 10.1. The molecule has 100 valence electrons. The van der Waals surface area contributed by atoms with Crippen molar-refractivity contribution in [3.63, 3.8) is 0 Å². The number of primary amides is 1. The Morgan fingerprint density at radius 3 is 2.76 bits per heavy atom. The number of carbonyl (C=O) groups is 1. The van der Waals surface area contributed by atoms with Crippen LogP contribution in [0.4, 0.5) is 0 Å². The molecule has 0 heterocycles. The number of nitrogens with two attached hydrogens (primary N) is 2. The first kappa shape index (κ1) is 15.6. The second-order valence-electron chi connectivity index (χ2n) is 3.17. The molecule has 0 aliphatic carbocycles. The number of rotatable bonds is 9. The molecular weight excluding hydrogens is 226 g/mol. The number of carbonyl (C=O) groups excluding carboxylic acids is 1. The lowest BCUT2D eigenvalue weighted by molar-refractivity contribution is -0.122. The first-order valence-corrected chi connectivity index (χ1v) is 5.30. The van der Waals surface area contributed by atoms with Gasteiger partial charge >= 0.3 is 0 Å². The van der Waals surface area contributed by atoms with Crippen LogP contribution in [-0.4, -0.2) is 51.9 Å². The average molecular weight is 247 g/mol. The van der Waals surface area contributed by atoms with E-state index in [1.54, 1.807) is 7.11 Å².